The standard InChI is InChI=1S/C13H9ClN2O4/c14-7-1-2-9(11(17)5-7)12(18)16-10-6-15-4-3-8(10)13(19)20/h1-6,17H,(H,16,18)(H,19,20). The van der Waals surface area contributed by atoms with Crippen molar-refractivity contribution in [3.63, 3.8) is 0 Å². The van der Waals surface area contributed by atoms with Crippen molar-refractivity contribution in [1.29, 1.82) is 0 Å². The fourth-order valence-corrected chi connectivity index (χ4v) is 1.73. The van der Waals surface area contributed by atoms with Gasteiger partial charge in [-0.1, -0.05) is 11.6 Å². The van der Waals surface area contributed by atoms with Crippen molar-refractivity contribution in [3.05, 3.63) is 52.8 Å². The van der Waals surface area contributed by atoms with Crippen molar-refractivity contribution in [3.8, 4) is 5.75 Å². The number of nitrogens with one attached hydrogen (secondary N) is 1. The maximum Gasteiger partial charge on any atom is 0.337 e. The average Bonchev–Trinajstić information content (AvgIpc) is 2.38. The maximum atomic E-state index is 12.0. The van der Waals surface area contributed by atoms with Crippen LogP contribution in [0.5, 0.6) is 5.75 Å². The molecule has 1 heterocycles. The first-order valence-electron chi connectivity index (χ1n) is 5.46. The molecule has 102 valence electrons. The minimum atomic E-state index is -1.19. The number of carboxylic acids is 1. The number of anilines is 1. The number of pyridine rings is 1. The molecule has 0 aliphatic heterocycles. The number of aromatic hydroxyl groups is 1. The first kappa shape index (κ1) is 13.8. The molecule has 0 saturated heterocycles. The summed E-state index contributed by atoms with van der Waals surface area (Å²) in [5.74, 6) is -2.14. The summed E-state index contributed by atoms with van der Waals surface area (Å²) < 4.78 is 0. The minimum absolute atomic E-state index is 0.0189. The molecule has 0 atom stereocenters. The number of carbonyl (C=O) groups excluding carboxylic acids is 1. The van der Waals surface area contributed by atoms with Gasteiger partial charge in [-0.15, -0.1) is 0 Å². The molecule has 1 aromatic carbocycles. The van der Waals surface area contributed by atoms with Crippen molar-refractivity contribution < 1.29 is 19.8 Å². The quantitative estimate of drug-likeness (QED) is 0.806. The molecule has 0 saturated carbocycles. The third-order valence-electron chi connectivity index (χ3n) is 2.50. The molecule has 20 heavy (non-hydrogen) atoms. The number of hydrogen-bond acceptors (Lipinski definition) is 4. The Kier molecular flexibility index (Phi) is 3.86. The molecule has 0 radical (unpaired) electrons. The minimum Gasteiger partial charge on any atom is -0.507 e. The van der Waals surface area contributed by atoms with Gasteiger partial charge in [-0.25, -0.2) is 4.79 Å². The summed E-state index contributed by atoms with van der Waals surface area (Å²) in [7, 11) is 0. The number of rotatable bonds is 3. The number of amides is 1. The molecule has 2 rings (SSSR count). The van der Waals surface area contributed by atoms with Crippen LogP contribution in [0.2, 0.25) is 5.02 Å². The summed E-state index contributed by atoms with van der Waals surface area (Å²) in [5.41, 5.74) is -0.0734. The first-order chi connectivity index (χ1) is 9.49. The second-order valence-corrected chi connectivity index (χ2v) is 4.28. The SMILES string of the molecule is O=C(Nc1cnccc1C(=O)O)c1ccc(Cl)cc1O. The summed E-state index contributed by atoms with van der Waals surface area (Å²) >= 11 is 5.67. The van der Waals surface area contributed by atoms with Gasteiger partial charge in [0.2, 0.25) is 0 Å². The van der Waals surface area contributed by atoms with Crippen LogP contribution in [0.3, 0.4) is 0 Å². The number of halogens is 1. The van der Waals surface area contributed by atoms with E-state index >= 15 is 0 Å². The summed E-state index contributed by atoms with van der Waals surface area (Å²) in [5, 5.41) is 21.3. The Bertz CT molecular complexity index is 688. The number of hydrogen-bond donors (Lipinski definition) is 3. The van der Waals surface area contributed by atoms with Gasteiger partial charge < -0.3 is 15.5 Å². The third-order valence-corrected chi connectivity index (χ3v) is 2.74. The summed E-state index contributed by atoms with van der Waals surface area (Å²) in [6.07, 6.45) is 2.52. The lowest BCUT2D eigenvalue weighted by molar-refractivity contribution is 0.0698. The van der Waals surface area contributed by atoms with Gasteiger partial charge in [-0.3, -0.25) is 9.78 Å². The number of aromatic carboxylic acids is 1. The highest BCUT2D eigenvalue weighted by atomic mass is 35.5. The Morgan fingerprint density at radius 2 is 1.95 bits per heavy atom. The van der Waals surface area contributed by atoms with Crippen LogP contribution < -0.4 is 5.32 Å². The van der Waals surface area contributed by atoms with Gasteiger partial charge in [-0.2, -0.15) is 0 Å². The van der Waals surface area contributed by atoms with Crippen LogP contribution in [-0.2, 0) is 0 Å². The van der Waals surface area contributed by atoms with Crippen LogP contribution in [0, 0.1) is 0 Å². The monoisotopic (exact) mass is 292 g/mol. The van der Waals surface area contributed by atoms with Crippen LogP contribution in [0.4, 0.5) is 5.69 Å². The number of nitrogens with zero attached hydrogens (tertiary/aromatic N) is 1. The van der Waals surface area contributed by atoms with Gasteiger partial charge in [0.1, 0.15) is 5.75 Å². The average molecular weight is 293 g/mol. The molecule has 2 aromatic rings. The van der Waals surface area contributed by atoms with Crippen LogP contribution in [-0.4, -0.2) is 27.1 Å². The smallest absolute Gasteiger partial charge is 0.337 e. The van der Waals surface area contributed by atoms with E-state index in [4.69, 9.17) is 16.7 Å². The molecule has 0 spiro atoms. The molecule has 0 bridgehead atoms. The zero-order chi connectivity index (χ0) is 14.7. The molecule has 0 aliphatic rings. The van der Waals surface area contributed by atoms with E-state index in [1.165, 1.54) is 36.7 Å². The molecule has 1 aromatic heterocycles. The van der Waals surface area contributed by atoms with E-state index in [1.807, 2.05) is 0 Å². The normalized spacial score (nSPS) is 10.1. The highest BCUT2D eigenvalue weighted by molar-refractivity contribution is 6.31. The van der Waals surface area contributed by atoms with Crippen molar-refractivity contribution >= 4 is 29.2 Å². The van der Waals surface area contributed by atoms with E-state index in [-0.39, 0.29) is 27.6 Å². The Balaban J connectivity index is 2.30. The molecule has 6 nitrogen and oxygen atoms in total. The van der Waals surface area contributed by atoms with Crippen molar-refractivity contribution in [2.75, 3.05) is 5.32 Å². The molecule has 0 unspecified atom stereocenters. The first-order valence-corrected chi connectivity index (χ1v) is 5.84. The number of aromatic nitrogens is 1. The van der Waals surface area contributed by atoms with Gasteiger partial charge in [0.05, 0.1) is 23.0 Å². The second kappa shape index (κ2) is 5.58. The Labute approximate surface area is 118 Å². The van der Waals surface area contributed by atoms with E-state index in [2.05, 4.69) is 10.3 Å². The predicted octanol–water partition coefficient (Wildman–Crippen LogP) is 2.39. The van der Waals surface area contributed by atoms with E-state index in [9.17, 15) is 14.7 Å². The number of benzene rings is 1. The fraction of sp³-hybridized carbons (Fsp3) is 0. The summed E-state index contributed by atoms with van der Waals surface area (Å²) in [6.45, 7) is 0. The lowest BCUT2D eigenvalue weighted by Gasteiger charge is -2.09. The third kappa shape index (κ3) is 2.86. The van der Waals surface area contributed by atoms with Crippen molar-refractivity contribution in [2.45, 2.75) is 0 Å². The Hall–Kier alpha value is -2.60. The maximum absolute atomic E-state index is 12.0. The molecule has 0 fully saturated rings. The molecule has 7 heteroatoms. The molecule has 0 aliphatic carbocycles. The zero-order valence-electron chi connectivity index (χ0n) is 10.0. The van der Waals surface area contributed by atoms with E-state index < -0.39 is 11.9 Å². The highest BCUT2D eigenvalue weighted by Gasteiger charge is 2.16. The van der Waals surface area contributed by atoms with Crippen molar-refractivity contribution in [2.24, 2.45) is 0 Å². The largest absolute Gasteiger partial charge is 0.507 e. The summed E-state index contributed by atoms with van der Waals surface area (Å²) in [4.78, 5) is 26.7. The van der Waals surface area contributed by atoms with E-state index in [0.29, 0.717) is 0 Å². The van der Waals surface area contributed by atoms with Gasteiger partial charge in [0, 0.05) is 11.2 Å². The Morgan fingerprint density at radius 3 is 2.60 bits per heavy atom. The van der Waals surface area contributed by atoms with Gasteiger partial charge in [0.15, 0.2) is 0 Å². The zero-order valence-corrected chi connectivity index (χ0v) is 10.8. The van der Waals surface area contributed by atoms with Gasteiger partial charge in [-0.05, 0) is 24.3 Å². The topological polar surface area (TPSA) is 99.5 Å². The number of phenols is 1. The van der Waals surface area contributed by atoms with Crippen molar-refractivity contribution in [1.82, 2.24) is 4.98 Å². The predicted molar refractivity (Wildman–Crippen MR) is 72.3 cm³/mol. The molecule has 3 N–H and O–H groups in total. The molecular weight excluding hydrogens is 284 g/mol. The van der Waals surface area contributed by atoms with Crippen LogP contribution in [0.25, 0.3) is 0 Å². The Morgan fingerprint density at radius 1 is 1.20 bits per heavy atom. The lowest BCUT2D eigenvalue weighted by Crippen LogP contribution is -2.15. The fourth-order valence-electron chi connectivity index (χ4n) is 1.57. The second-order valence-electron chi connectivity index (χ2n) is 3.84. The number of carboxylic acid groups (broad SMARTS) is 1. The molecule has 1 amide bonds. The molecular formula is C13H9ClN2O4. The van der Waals surface area contributed by atoms with Gasteiger partial charge >= 0.3 is 5.97 Å². The van der Waals surface area contributed by atoms with Crippen LogP contribution in [0.15, 0.2) is 36.7 Å². The number of carbonyl (C=O) groups is 2. The van der Waals surface area contributed by atoms with Gasteiger partial charge in [0.25, 0.3) is 5.91 Å². The number of phenolic OH excluding ortho intramolecular Hbond substituents is 1. The van der Waals surface area contributed by atoms with Crippen LogP contribution in [0.1, 0.15) is 20.7 Å². The van der Waals surface area contributed by atoms with E-state index in [0.717, 1.165) is 0 Å². The highest BCUT2D eigenvalue weighted by Crippen LogP contribution is 2.23. The van der Waals surface area contributed by atoms with E-state index in [1.54, 1.807) is 0 Å². The lowest BCUT2D eigenvalue weighted by atomic mass is 10.1. The van der Waals surface area contributed by atoms with Crippen LogP contribution >= 0.6 is 11.6 Å². The summed E-state index contributed by atoms with van der Waals surface area (Å²) in [6, 6.07) is 5.26.